The summed E-state index contributed by atoms with van der Waals surface area (Å²) in [6.45, 7) is 4.37. The van der Waals surface area contributed by atoms with Crippen LogP contribution in [-0.4, -0.2) is 62.9 Å². The highest BCUT2D eigenvalue weighted by molar-refractivity contribution is 7.88. The molecule has 0 bridgehead atoms. The highest BCUT2D eigenvalue weighted by Gasteiger charge is 2.32. The van der Waals surface area contributed by atoms with Gasteiger partial charge in [0.15, 0.2) is 0 Å². The molecule has 2 rings (SSSR count). The fraction of sp³-hybridized carbons (Fsp3) is 0.440. The van der Waals surface area contributed by atoms with E-state index in [-0.39, 0.29) is 19.0 Å². The van der Waals surface area contributed by atoms with E-state index in [1.165, 1.54) is 11.9 Å². The van der Waals surface area contributed by atoms with E-state index in [1.54, 1.807) is 31.4 Å². The van der Waals surface area contributed by atoms with E-state index in [4.69, 9.17) is 4.74 Å². The van der Waals surface area contributed by atoms with Gasteiger partial charge in [-0.2, -0.15) is 4.31 Å². The Kier molecular flexibility index (Phi) is 10.1. The number of ether oxygens (including phenoxy) is 1. The first-order chi connectivity index (χ1) is 16.0. The number of sulfonamides is 1. The molecular weight excluding hydrogens is 454 g/mol. The molecule has 1 atom stereocenters. The van der Waals surface area contributed by atoms with Crippen molar-refractivity contribution in [1.29, 1.82) is 0 Å². The van der Waals surface area contributed by atoms with Crippen LogP contribution in [0.4, 0.5) is 0 Å². The summed E-state index contributed by atoms with van der Waals surface area (Å²) in [6, 6.07) is 15.3. The van der Waals surface area contributed by atoms with Crippen LogP contribution in [0.3, 0.4) is 0 Å². The lowest BCUT2D eigenvalue weighted by Crippen LogP contribution is -2.47. The van der Waals surface area contributed by atoms with Gasteiger partial charge < -0.3 is 15.0 Å². The van der Waals surface area contributed by atoms with Gasteiger partial charge in [-0.3, -0.25) is 9.59 Å². The molecule has 0 unspecified atom stereocenters. The summed E-state index contributed by atoms with van der Waals surface area (Å²) < 4.78 is 30.1. The Bertz CT molecular complexity index is 1040. The summed E-state index contributed by atoms with van der Waals surface area (Å²) in [5.41, 5.74) is 1.43. The van der Waals surface area contributed by atoms with E-state index in [0.717, 1.165) is 22.5 Å². The third-order valence-electron chi connectivity index (χ3n) is 5.45. The zero-order valence-electron chi connectivity index (χ0n) is 20.5. The third kappa shape index (κ3) is 8.14. The van der Waals surface area contributed by atoms with Crippen LogP contribution in [0.5, 0.6) is 5.75 Å². The largest absolute Gasteiger partial charge is 0.497 e. The maximum atomic E-state index is 13.4. The van der Waals surface area contributed by atoms with Crippen molar-refractivity contribution >= 4 is 21.8 Å². The Morgan fingerprint density at radius 1 is 1.03 bits per heavy atom. The third-order valence-corrected chi connectivity index (χ3v) is 6.71. The van der Waals surface area contributed by atoms with Crippen LogP contribution in [0, 0.1) is 5.92 Å². The van der Waals surface area contributed by atoms with Gasteiger partial charge in [-0.25, -0.2) is 8.42 Å². The van der Waals surface area contributed by atoms with Crippen LogP contribution in [-0.2, 0) is 26.2 Å². The number of nitrogens with one attached hydrogen (secondary N) is 1. The number of likely N-dealkylation sites (N-methyl/N-ethyl adjacent to an activating group) is 1. The van der Waals surface area contributed by atoms with E-state index < -0.39 is 22.0 Å². The van der Waals surface area contributed by atoms with Crippen molar-refractivity contribution in [2.75, 3.05) is 33.5 Å². The molecule has 0 saturated carbocycles. The molecule has 2 aromatic rings. The number of carbonyl (C=O) groups excluding carboxylic acids is 2. The average Bonchev–Trinajstić information content (AvgIpc) is 2.79. The van der Waals surface area contributed by atoms with Crippen molar-refractivity contribution in [3.05, 3.63) is 65.7 Å². The van der Waals surface area contributed by atoms with Crippen LogP contribution in [0.25, 0.3) is 0 Å². The number of hydrogen-bond acceptors (Lipinski definition) is 5. The van der Waals surface area contributed by atoms with E-state index in [1.807, 2.05) is 30.3 Å². The van der Waals surface area contributed by atoms with Gasteiger partial charge in [-0.15, -0.1) is 0 Å². The molecular formula is C25H35N3O5S. The lowest BCUT2D eigenvalue weighted by molar-refractivity contribution is -0.141. The number of nitrogens with zero attached hydrogens (tertiary/aromatic N) is 2. The quantitative estimate of drug-likeness (QED) is 0.495. The highest BCUT2D eigenvalue weighted by Crippen LogP contribution is 2.25. The molecule has 0 aromatic heterocycles. The van der Waals surface area contributed by atoms with Crippen molar-refractivity contribution < 1.29 is 22.7 Å². The average molecular weight is 490 g/mol. The topological polar surface area (TPSA) is 96.0 Å². The zero-order chi connectivity index (χ0) is 25.3. The zero-order valence-corrected chi connectivity index (χ0v) is 21.3. The fourth-order valence-corrected chi connectivity index (χ4v) is 3.68. The fourth-order valence-electron chi connectivity index (χ4n) is 3.34. The van der Waals surface area contributed by atoms with E-state index in [0.29, 0.717) is 23.8 Å². The Balaban J connectivity index is 2.45. The van der Waals surface area contributed by atoms with Crippen LogP contribution in [0.15, 0.2) is 54.6 Å². The van der Waals surface area contributed by atoms with Gasteiger partial charge in [-0.1, -0.05) is 56.3 Å². The first-order valence-corrected chi connectivity index (χ1v) is 13.0. The van der Waals surface area contributed by atoms with E-state index >= 15 is 0 Å². The smallest absolute Gasteiger partial charge is 0.247 e. The maximum absolute atomic E-state index is 13.4. The number of amides is 2. The molecule has 9 heteroatoms. The Morgan fingerprint density at radius 2 is 1.65 bits per heavy atom. The lowest BCUT2D eigenvalue weighted by atomic mass is 10.0. The van der Waals surface area contributed by atoms with Gasteiger partial charge in [-0.05, 0) is 35.6 Å². The standard InChI is InChI=1S/C25H35N3O5S/c1-19(2)15-16-26-25(30)24(21-9-7-6-8-10-21)28(23(29)18-27(3)34(5,31)32)17-20-11-13-22(33-4)14-12-20/h6-14,19,24H,15-18H2,1-5H3,(H,26,30)/t24-/m1/s1. The van der Waals surface area contributed by atoms with Gasteiger partial charge in [0.1, 0.15) is 11.8 Å². The van der Waals surface area contributed by atoms with Crippen LogP contribution < -0.4 is 10.1 Å². The van der Waals surface area contributed by atoms with Crippen molar-refractivity contribution in [2.45, 2.75) is 32.9 Å². The minimum Gasteiger partial charge on any atom is -0.497 e. The number of benzene rings is 2. The predicted octanol–water partition coefficient (Wildman–Crippen LogP) is 2.82. The van der Waals surface area contributed by atoms with Crippen LogP contribution in [0.2, 0.25) is 0 Å². The molecule has 0 spiro atoms. The molecule has 0 aliphatic carbocycles. The van der Waals surface area contributed by atoms with Crippen molar-refractivity contribution in [3.63, 3.8) is 0 Å². The maximum Gasteiger partial charge on any atom is 0.247 e. The molecule has 0 aliphatic rings. The first-order valence-electron chi connectivity index (χ1n) is 11.2. The first kappa shape index (κ1) is 27.3. The summed E-state index contributed by atoms with van der Waals surface area (Å²) in [7, 11) is -0.664. The molecule has 186 valence electrons. The molecule has 0 aliphatic heterocycles. The van der Waals surface area contributed by atoms with Crippen LogP contribution in [0.1, 0.15) is 37.4 Å². The molecule has 8 nitrogen and oxygen atoms in total. The van der Waals surface area contributed by atoms with Gasteiger partial charge in [0.25, 0.3) is 0 Å². The summed E-state index contributed by atoms with van der Waals surface area (Å²) in [4.78, 5) is 28.3. The molecule has 2 amide bonds. The number of methoxy groups -OCH3 is 1. The lowest BCUT2D eigenvalue weighted by Gasteiger charge is -2.32. The highest BCUT2D eigenvalue weighted by atomic mass is 32.2. The summed E-state index contributed by atoms with van der Waals surface area (Å²) in [5, 5.41) is 2.95. The minimum absolute atomic E-state index is 0.123. The molecule has 34 heavy (non-hydrogen) atoms. The minimum atomic E-state index is -3.58. The number of rotatable bonds is 12. The summed E-state index contributed by atoms with van der Waals surface area (Å²) >= 11 is 0. The van der Waals surface area contributed by atoms with Gasteiger partial charge in [0, 0.05) is 20.1 Å². The SMILES string of the molecule is COc1ccc(CN(C(=O)CN(C)S(C)(=O)=O)[C@@H](C(=O)NCCC(C)C)c2ccccc2)cc1. The van der Waals surface area contributed by atoms with Crippen molar-refractivity contribution in [3.8, 4) is 5.75 Å². The Morgan fingerprint density at radius 3 is 2.18 bits per heavy atom. The normalized spacial score (nSPS) is 12.4. The van der Waals surface area contributed by atoms with Gasteiger partial charge >= 0.3 is 0 Å². The number of hydrogen-bond donors (Lipinski definition) is 1. The second-order valence-electron chi connectivity index (χ2n) is 8.68. The number of carbonyl (C=O) groups is 2. The van der Waals surface area contributed by atoms with Gasteiger partial charge in [0.2, 0.25) is 21.8 Å². The Hall–Kier alpha value is -2.91. The Labute approximate surface area is 202 Å². The van der Waals surface area contributed by atoms with Gasteiger partial charge in [0.05, 0.1) is 19.9 Å². The van der Waals surface area contributed by atoms with E-state index in [2.05, 4.69) is 19.2 Å². The molecule has 0 radical (unpaired) electrons. The van der Waals surface area contributed by atoms with Crippen molar-refractivity contribution in [1.82, 2.24) is 14.5 Å². The van der Waals surface area contributed by atoms with E-state index in [9.17, 15) is 18.0 Å². The summed E-state index contributed by atoms with van der Waals surface area (Å²) in [5.74, 6) is 0.299. The molecule has 2 aromatic carbocycles. The second-order valence-corrected chi connectivity index (χ2v) is 10.8. The molecule has 0 heterocycles. The molecule has 0 fully saturated rings. The monoisotopic (exact) mass is 489 g/mol. The molecule has 0 saturated heterocycles. The van der Waals surface area contributed by atoms with Crippen molar-refractivity contribution in [2.24, 2.45) is 5.92 Å². The predicted molar refractivity (Wildman–Crippen MR) is 133 cm³/mol. The molecule has 1 N–H and O–H groups in total. The van der Waals surface area contributed by atoms with Crippen LogP contribution >= 0.6 is 0 Å². The second kappa shape index (κ2) is 12.5. The summed E-state index contributed by atoms with van der Waals surface area (Å²) in [6.07, 6.45) is 1.85.